The summed E-state index contributed by atoms with van der Waals surface area (Å²) in [5, 5.41) is 5.50. The number of nitrogens with zero attached hydrogens (tertiary/aromatic N) is 1. The molecule has 2 aromatic carbocycles. The zero-order valence-corrected chi connectivity index (χ0v) is 24.4. The Bertz CT molecular complexity index is 1160. The molecule has 3 aliphatic rings. The normalized spacial score (nSPS) is 24.2. The van der Waals surface area contributed by atoms with Gasteiger partial charge in [-0.05, 0) is 73.6 Å². The average Bonchev–Trinajstić information content (AvgIpc) is 3.53. The van der Waals surface area contributed by atoms with Crippen molar-refractivity contribution in [2.24, 2.45) is 17.8 Å². The van der Waals surface area contributed by atoms with Crippen molar-refractivity contribution in [3.05, 3.63) is 65.7 Å². The SMILES string of the molecule is COC(=O)CCC1CCCC(NC(=O)C(c2ccc(CC3CN(c4ccccc4)NCC3=O)cc2)C2CCCC2)C1. The number of methoxy groups -OCH3 is 1. The van der Waals surface area contributed by atoms with Gasteiger partial charge in [-0.15, -0.1) is 0 Å². The largest absolute Gasteiger partial charge is 0.469 e. The Kier molecular flexibility index (Phi) is 10.1. The number of benzene rings is 2. The van der Waals surface area contributed by atoms with Crippen LogP contribution >= 0.6 is 0 Å². The molecule has 4 unspecified atom stereocenters. The number of esters is 1. The Morgan fingerprint density at radius 2 is 1.76 bits per heavy atom. The van der Waals surface area contributed by atoms with E-state index in [0.717, 1.165) is 61.8 Å². The monoisotopic (exact) mass is 559 g/mol. The predicted molar refractivity (Wildman–Crippen MR) is 160 cm³/mol. The van der Waals surface area contributed by atoms with E-state index in [1.165, 1.54) is 20.0 Å². The molecule has 1 heterocycles. The second-order valence-corrected chi connectivity index (χ2v) is 12.3. The lowest BCUT2D eigenvalue weighted by Gasteiger charge is -2.34. The molecule has 0 spiro atoms. The third-order valence-corrected chi connectivity index (χ3v) is 9.46. The molecule has 220 valence electrons. The zero-order valence-electron chi connectivity index (χ0n) is 24.4. The van der Waals surface area contributed by atoms with Crippen LogP contribution in [0.4, 0.5) is 5.69 Å². The lowest BCUT2D eigenvalue weighted by Crippen LogP contribution is -2.52. The summed E-state index contributed by atoms with van der Waals surface area (Å²) in [7, 11) is 1.44. The van der Waals surface area contributed by atoms with Gasteiger partial charge in [0.2, 0.25) is 5.91 Å². The van der Waals surface area contributed by atoms with Gasteiger partial charge in [-0.2, -0.15) is 0 Å². The molecule has 2 N–H and O–H groups in total. The smallest absolute Gasteiger partial charge is 0.305 e. The second-order valence-electron chi connectivity index (χ2n) is 12.3. The zero-order chi connectivity index (χ0) is 28.6. The highest BCUT2D eigenvalue weighted by Crippen LogP contribution is 2.38. The number of nitrogens with one attached hydrogen (secondary N) is 2. The Morgan fingerprint density at radius 1 is 1.00 bits per heavy atom. The maximum Gasteiger partial charge on any atom is 0.305 e. The fourth-order valence-electron chi connectivity index (χ4n) is 7.16. The number of ether oxygens (including phenoxy) is 1. The number of hydrazine groups is 1. The van der Waals surface area contributed by atoms with Gasteiger partial charge in [-0.1, -0.05) is 68.1 Å². The molecular formula is C34H45N3O4. The summed E-state index contributed by atoms with van der Waals surface area (Å²) >= 11 is 0. The molecule has 2 aliphatic carbocycles. The molecule has 1 aliphatic heterocycles. The van der Waals surface area contributed by atoms with Crippen molar-refractivity contribution < 1.29 is 19.1 Å². The first kappa shape index (κ1) is 29.3. The van der Waals surface area contributed by atoms with Crippen molar-refractivity contribution >= 4 is 23.3 Å². The van der Waals surface area contributed by atoms with Gasteiger partial charge in [0.25, 0.3) is 0 Å². The van der Waals surface area contributed by atoms with E-state index in [0.29, 0.717) is 37.8 Å². The number of carbonyl (C=O) groups excluding carboxylic acids is 3. The molecule has 1 saturated heterocycles. The first-order valence-electron chi connectivity index (χ1n) is 15.5. The lowest BCUT2D eigenvalue weighted by atomic mass is 9.81. The molecule has 1 amide bonds. The summed E-state index contributed by atoms with van der Waals surface area (Å²) in [6.07, 6.45) is 10.6. The van der Waals surface area contributed by atoms with Crippen molar-refractivity contribution in [1.29, 1.82) is 0 Å². The number of rotatable bonds is 10. The molecule has 2 aromatic rings. The van der Waals surface area contributed by atoms with Gasteiger partial charge >= 0.3 is 5.97 Å². The van der Waals surface area contributed by atoms with Gasteiger partial charge in [0.05, 0.1) is 25.3 Å². The number of amides is 1. The van der Waals surface area contributed by atoms with Crippen LogP contribution in [0.5, 0.6) is 0 Å². The van der Waals surface area contributed by atoms with Crippen LogP contribution in [0, 0.1) is 17.8 Å². The average molecular weight is 560 g/mol. The number of carbonyl (C=O) groups is 3. The molecule has 0 radical (unpaired) electrons. The Morgan fingerprint density at radius 3 is 2.49 bits per heavy atom. The minimum Gasteiger partial charge on any atom is -0.469 e. The maximum absolute atomic E-state index is 13.8. The van der Waals surface area contributed by atoms with Crippen LogP contribution in [0.25, 0.3) is 0 Å². The first-order valence-corrected chi connectivity index (χ1v) is 15.5. The van der Waals surface area contributed by atoms with E-state index in [9.17, 15) is 14.4 Å². The van der Waals surface area contributed by atoms with Crippen molar-refractivity contribution in [2.75, 3.05) is 25.2 Å². The van der Waals surface area contributed by atoms with Crippen LogP contribution in [0.2, 0.25) is 0 Å². The molecule has 2 saturated carbocycles. The van der Waals surface area contributed by atoms with Crippen LogP contribution in [0.3, 0.4) is 0 Å². The number of ketones is 1. The number of hydrogen-bond acceptors (Lipinski definition) is 6. The maximum atomic E-state index is 13.8. The molecule has 7 heteroatoms. The Balaban J connectivity index is 1.22. The van der Waals surface area contributed by atoms with E-state index in [4.69, 9.17) is 4.74 Å². The van der Waals surface area contributed by atoms with Gasteiger partial charge < -0.3 is 15.1 Å². The third-order valence-electron chi connectivity index (χ3n) is 9.46. The molecular weight excluding hydrogens is 514 g/mol. The van der Waals surface area contributed by atoms with Gasteiger partial charge in [0.15, 0.2) is 5.78 Å². The van der Waals surface area contributed by atoms with E-state index in [1.54, 1.807) is 0 Å². The first-order chi connectivity index (χ1) is 20.0. The fraction of sp³-hybridized carbons (Fsp3) is 0.559. The predicted octanol–water partition coefficient (Wildman–Crippen LogP) is 5.34. The molecule has 3 fully saturated rings. The van der Waals surface area contributed by atoms with Crippen molar-refractivity contribution in [3.8, 4) is 0 Å². The van der Waals surface area contributed by atoms with Crippen molar-refractivity contribution in [2.45, 2.75) is 82.6 Å². The number of hydrogen-bond donors (Lipinski definition) is 2. The Hall–Kier alpha value is -3.19. The van der Waals surface area contributed by atoms with Gasteiger partial charge in [-0.3, -0.25) is 14.4 Å². The Labute approximate surface area is 244 Å². The summed E-state index contributed by atoms with van der Waals surface area (Å²) in [5.74, 6) is 0.833. The van der Waals surface area contributed by atoms with E-state index < -0.39 is 0 Å². The number of Topliss-reactive ketones (excluding diaryl/α,β-unsaturated/α-hetero) is 1. The lowest BCUT2D eigenvalue weighted by molar-refractivity contribution is -0.141. The second kappa shape index (κ2) is 14.1. The third kappa shape index (κ3) is 7.76. The summed E-state index contributed by atoms with van der Waals surface area (Å²) < 4.78 is 4.82. The summed E-state index contributed by atoms with van der Waals surface area (Å²) in [6, 6.07) is 18.8. The van der Waals surface area contributed by atoms with Gasteiger partial charge in [0.1, 0.15) is 0 Å². The van der Waals surface area contributed by atoms with Crippen LogP contribution in [0.1, 0.15) is 81.3 Å². The minimum absolute atomic E-state index is 0.0744. The van der Waals surface area contributed by atoms with Crippen LogP contribution in [0.15, 0.2) is 54.6 Å². The molecule has 5 rings (SSSR count). The highest BCUT2D eigenvalue weighted by atomic mass is 16.5. The highest BCUT2D eigenvalue weighted by Gasteiger charge is 2.34. The van der Waals surface area contributed by atoms with Gasteiger partial charge in [0, 0.05) is 24.9 Å². The fourth-order valence-corrected chi connectivity index (χ4v) is 7.16. The molecule has 0 bridgehead atoms. The number of para-hydroxylation sites is 1. The van der Waals surface area contributed by atoms with Crippen LogP contribution < -0.4 is 15.8 Å². The van der Waals surface area contributed by atoms with E-state index in [2.05, 4.69) is 52.1 Å². The molecule has 41 heavy (non-hydrogen) atoms. The summed E-state index contributed by atoms with van der Waals surface area (Å²) in [5.41, 5.74) is 6.52. The molecule has 7 nitrogen and oxygen atoms in total. The van der Waals surface area contributed by atoms with Crippen LogP contribution in [-0.2, 0) is 25.5 Å². The highest BCUT2D eigenvalue weighted by molar-refractivity contribution is 5.85. The van der Waals surface area contributed by atoms with Crippen molar-refractivity contribution in [1.82, 2.24) is 10.7 Å². The number of anilines is 1. The molecule has 4 atom stereocenters. The topological polar surface area (TPSA) is 87.7 Å². The van der Waals surface area contributed by atoms with E-state index in [-0.39, 0.29) is 35.5 Å². The van der Waals surface area contributed by atoms with E-state index >= 15 is 0 Å². The minimum atomic E-state index is -0.154. The summed E-state index contributed by atoms with van der Waals surface area (Å²) in [4.78, 5) is 38.2. The summed E-state index contributed by atoms with van der Waals surface area (Å²) in [6.45, 7) is 0.978. The van der Waals surface area contributed by atoms with Gasteiger partial charge in [-0.25, -0.2) is 5.43 Å². The van der Waals surface area contributed by atoms with Crippen molar-refractivity contribution in [3.63, 3.8) is 0 Å². The van der Waals surface area contributed by atoms with Crippen LogP contribution in [-0.4, -0.2) is 43.9 Å². The standard InChI is InChI=1S/C34H45N3O4/c1-41-32(39)19-16-24-8-7-11-29(21-24)36-34(40)33(26-9-5-6-10-26)27-17-14-25(15-18-27)20-28-23-37(35-22-31(28)38)30-12-3-2-4-13-30/h2-4,12-15,17-18,24,26,28-29,33,35H,5-11,16,19-23H2,1H3,(H,36,40). The quantitative estimate of drug-likeness (QED) is 0.382. The molecule has 0 aromatic heterocycles. The van der Waals surface area contributed by atoms with E-state index in [1.807, 2.05) is 18.2 Å².